The molecule has 1 N–H and O–H groups in total. The van der Waals surface area contributed by atoms with Crippen molar-refractivity contribution in [2.45, 2.75) is 6.92 Å². The van der Waals surface area contributed by atoms with Crippen molar-refractivity contribution in [2.24, 2.45) is 0 Å². The van der Waals surface area contributed by atoms with E-state index >= 15 is 0 Å². The number of esters is 1. The van der Waals surface area contributed by atoms with Gasteiger partial charge in [-0.15, -0.1) is 0 Å². The van der Waals surface area contributed by atoms with Crippen LogP contribution in [0, 0.1) is 0 Å². The molecular weight excluding hydrogens is 274 g/mol. The Labute approximate surface area is 120 Å². The standard InChI is InChI=1S/C15H13NO5/c1-10(17)11-4-2-5-12(8-11)16-14(18)9-21-15(19)13-6-3-7-20-13/h2-8H,9H2,1H3,(H,16,18). The number of nitrogens with one attached hydrogen (secondary N) is 1. The number of furan rings is 1. The first kappa shape index (κ1) is 14.5. The summed E-state index contributed by atoms with van der Waals surface area (Å²) in [5.41, 5.74) is 0.946. The maximum absolute atomic E-state index is 11.7. The molecule has 6 nitrogen and oxygen atoms in total. The van der Waals surface area contributed by atoms with Crippen molar-refractivity contribution >= 4 is 23.3 Å². The van der Waals surface area contributed by atoms with Gasteiger partial charge in [0.15, 0.2) is 12.4 Å². The lowest BCUT2D eigenvalue weighted by Crippen LogP contribution is -2.20. The number of hydrogen-bond acceptors (Lipinski definition) is 5. The molecule has 0 bridgehead atoms. The van der Waals surface area contributed by atoms with Crippen LogP contribution in [0.2, 0.25) is 0 Å². The van der Waals surface area contributed by atoms with E-state index in [4.69, 9.17) is 9.15 Å². The van der Waals surface area contributed by atoms with Crippen molar-refractivity contribution in [3.05, 3.63) is 54.0 Å². The van der Waals surface area contributed by atoms with Gasteiger partial charge in [0.1, 0.15) is 0 Å². The summed E-state index contributed by atoms with van der Waals surface area (Å²) in [5, 5.41) is 2.54. The number of carbonyl (C=O) groups is 3. The molecule has 0 aliphatic carbocycles. The van der Waals surface area contributed by atoms with Crippen LogP contribution in [0.1, 0.15) is 27.8 Å². The predicted octanol–water partition coefficient (Wildman–Crippen LogP) is 2.28. The van der Waals surface area contributed by atoms with E-state index in [1.807, 2.05) is 0 Å². The zero-order valence-electron chi connectivity index (χ0n) is 11.3. The van der Waals surface area contributed by atoms with E-state index in [-0.39, 0.29) is 11.5 Å². The topological polar surface area (TPSA) is 85.6 Å². The van der Waals surface area contributed by atoms with Gasteiger partial charge in [-0.1, -0.05) is 12.1 Å². The van der Waals surface area contributed by atoms with Gasteiger partial charge in [-0.25, -0.2) is 4.79 Å². The summed E-state index contributed by atoms with van der Waals surface area (Å²) in [6, 6.07) is 9.48. The second-order valence-corrected chi connectivity index (χ2v) is 4.24. The van der Waals surface area contributed by atoms with Crippen LogP contribution >= 0.6 is 0 Å². The lowest BCUT2D eigenvalue weighted by Gasteiger charge is -2.06. The molecule has 0 spiro atoms. The molecule has 0 saturated carbocycles. The van der Waals surface area contributed by atoms with Crippen LogP contribution in [0.5, 0.6) is 0 Å². The summed E-state index contributed by atoms with van der Waals surface area (Å²) < 4.78 is 9.63. The van der Waals surface area contributed by atoms with E-state index in [0.717, 1.165) is 0 Å². The fourth-order valence-corrected chi connectivity index (χ4v) is 1.61. The Hall–Kier alpha value is -2.89. The van der Waals surface area contributed by atoms with Gasteiger partial charge in [0.25, 0.3) is 5.91 Å². The highest BCUT2D eigenvalue weighted by Gasteiger charge is 2.12. The van der Waals surface area contributed by atoms with Gasteiger partial charge >= 0.3 is 5.97 Å². The van der Waals surface area contributed by atoms with Gasteiger partial charge in [0.05, 0.1) is 6.26 Å². The fourth-order valence-electron chi connectivity index (χ4n) is 1.61. The van der Waals surface area contributed by atoms with Crippen LogP contribution in [0.4, 0.5) is 5.69 Å². The van der Waals surface area contributed by atoms with Crippen LogP contribution in [-0.4, -0.2) is 24.3 Å². The quantitative estimate of drug-likeness (QED) is 0.673. The number of Topliss-reactive ketones (excluding diaryl/α,β-unsaturated/α-hetero) is 1. The van der Waals surface area contributed by atoms with Crippen molar-refractivity contribution in [3.8, 4) is 0 Å². The molecule has 1 aromatic carbocycles. The number of benzene rings is 1. The number of ketones is 1. The molecule has 0 radical (unpaired) electrons. The van der Waals surface area contributed by atoms with Gasteiger partial charge in [-0.05, 0) is 31.2 Å². The van der Waals surface area contributed by atoms with E-state index in [1.165, 1.54) is 19.3 Å². The monoisotopic (exact) mass is 287 g/mol. The molecule has 0 aliphatic heterocycles. The highest BCUT2D eigenvalue weighted by molar-refractivity contribution is 5.98. The molecule has 0 atom stereocenters. The van der Waals surface area contributed by atoms with E-state index in [2.05, 4.69) is 5.32 Å². The molecule has 21 heavy (non-hydrogen) atoms. The Kier molecular flexibility index (Phi) is 4.50. The molecule has 0 saturated heterocycles. The molecule has 108 valence electrons. The summed E-state index contributed by atoms with van der Waals surface area (Å²) in [6.07, 6.45) is 1.34. The third kappa shape index (κ3) is 4.04. The van der Waals surface area contributed by atoms with E-state index in [9.17, 15) is 14.4 Å². The van der Waals surface area contributed by atoms with Crippen molar-refractivity contribution in [3.63, 3.8) is 0 Å². The molecule has 6 heteroatoms. The zero-order chi connectivity index (χ0) is 15.2. The van der Waals surface area contributed by atoms with Crippen LogP contribution in [-0.2, 0) is 9.53 Å². The first-order valence-corrected chi connectivity index (χ1v) is 6.18. The Bertz CT molecular complexity index is 660. The number of amides is 1. The minimum Gasteiger partial charge on any atom is -0.457 e. The highest BCUT2D eigenvalue weighted by Crippen LogP contribution is 2.11. The molecule has 1 heterocycles. The largest absolute Gasteiger partial charge is 0.457 e. The van der Waals surface area contributed by atoms with Crippen LogP contribution < -0.4 is 5.32 Å². The number of hydrogen-bond donors (Lipinski definition) is 1. The smallest absolute Gasteiger partial charge is 0.374 e. The van der Waals surface area contributed by atoms with Gasteiger partial charge < -0.3 is 14.5 Å². The third-order valence-corrected chi connectivity index (χ3v) is 2.61. The lowest BCUT2D eigenvalue weighted by atomic mass is 10.1. The molecule has 2 aromatic rings. The third-order valence-electron chi connectivity index (χ3n) is 2.61. The molecule has 2 rings (SSSR count). The Balaban J connectivity index is 1.89. The molecule has 0 aliphatic rings. The lowest BCUT2D eigenvalue weighted by molar-refractivity contribution is -0.119. The molecule has 1 amide bonds. The molecule has 1 aromatic heterocycles. The van der Waals surface area contributed by atoms with Crippen molar-refractivity contribution < 1.29 is 23.5 Å². The van der Waals surface area contributed by atoms with Crippen LogP contribution in [0.3, 0.4) is 0 Å². The van der Waals surface area contributed by atoms with Crippen LogP contribution in [0.15, 0.2) is 47.1 Å². The van der Waals surface area contributed by atoms with E-state index in [0.29, 0.717) is 11.3 Å². The predicted molar refractivity (Wildman–Crippen MR) is 74.1 cm³/mol. The van der Waals surface area contributed by atoms with Crippen molar-refractivity contribution in [1.29, 1.82) is 0 Å². The summed E-state index contributed by atoms with van der Waals surface area (Å²) in [6.45, 7) is 0.996. The van der Waals surface area contributed by atoms with Gasteiger partial charge in [0.2, 0.25) is 5.76 Å². The normalized spacial score (nSPS) is 9.95. The first-order chi connectivity index (χ1) is 10.1. The van der Waals surface area contributed by atoms with Crippen LogP contribution in [0.25, 0.3) is 0 Å². The number of carbonyl (C=O) groups excluding carboxylic acids is 3. The number of ether oxygens (including phenoxy) is 1. The Morgan fingerprint density at radius 1 is 1.19 bits per heavy atom. The molecular formula is C15H13NO5. The molecule has 0 fully saturated rings. The van der Waals surface area contributed by atoms with E-state index < -0.39 is 18.5 Å². The fraction of sp³-hybridized carbons (Fsp3) is 0.133. The summed E-state index contributed by atoms with van der Waals surface area (Å²) in [4.78, 5) is 34.4. The maximum Gasteiger partial charge on any atom is 0.374 e. The minimum atomic E-state index is -0.715. The SMILES string of the molecule is CC(=O)c1cccc(NC(=O)COC(=O)c2ccco2)c1. The van der Waals surface area contributed by atoms with Gasteiger partial charge in [-0.3, -0.25) is 9.59 Å². The minimum absolute atomic E-state index is 0.0291. The van der Waals surface area contributed by atoms with Gasteiger partial charge in [0, 0.05) is 11.3 Å². The summed E-state index contributed by atoms with van der Waals surface area (Å²) >= 11 is 0. The second kappa shape index (κ2) is 6.51. The average molecular weight is 287 g/mol. The summed E-state index contributed by atoms with van der Waals surface area (Å²) in [7, 11) is 0. The zero-order valence-corrected chi connectivity index (χ0v) is 11.3. The number of anilines is 1. The second-order valence-electron chi connectivity index (χ2n) is 4.24. The van der Waals surface area contributed by atoms with Gasteiger partial charge in [-0.2, -0.15) is 0 Å². The Morgan fingerprint density at radius 2 is 2.00 bits per heavy atom. The van der Waals surface area contributed by atoms with E-state index in [1.54, 1.807) is 30.3 Å². The van der Waals surface area contributed by atoms with Crippen molar-refractivity contribution in [1.82, 2.24) is 0 Å². The Morgan fingerprint density at radius 3 is 2.67 bits per heavy atom. The first-order valence-electron chi connectivity index (χ1n) is 6.18. The highest BCUT2D eigenvalue weighted by atomic mass is 16.5. The summed E-state index contributed by atoms with van der Waals surface area (Å²) in [5.74, 6) is -1.29. The average Bonchev–Trinajstić information content (AvgIpc) is 2.99. The number of rotatable bonds is 5. The molecule has 0 unspecified atom stereocenters. The maximum atomic E-state index is 11.7. The van der Waals surface area contributed by atoms with Crippen molar-refractivity contribution in [2.75, 3.05) is 11.9 Å².